The van der Waals surface area contributed by atoms with Crippen LogP contribution in [0.15, 0.2) is 58.5 Å². The zero-order valence-electron chi connectivity index (χ0n) is 23.3. The smallest absolute Gasteiger partial charge is 0.294 e. The number of likely N-dealkylation sites (tertiary alicyclic amines) is 1. The Morgan fingerprint density at radius 2 is 1.91 bits per heavy atom. The Hall–Kier alpha value is -3.69. The summed E-state index contributed by atoms with van der Waals surface area (Å²) < 4.78 is 25.4. The molecule has 0 saturated carbocycles. The maximum atomic E-state index is 12.9. The van der Waals surface area contributed by atoms with Gasteiger partial charge in [-0.1, -0.05) is 34.7 Å². The average molecular weight is 728 g/mol. The van der Waals surface area contributed by atoms with E-state index in [4.69, 9.17) is 23.6 Å². The lowest BCUT2D eigenvalue weighted by molar-refractivity contribution is 0.0729. The molecule has 2 aromatic carbocycles. The van der Waals surface area contributed by atoms with Gasteiger partial charge in [0, 0.05) is 45.7 Å². The molecule has 6 aromatic rings. The van der Waals surface area contributed by atoms with E-state index in [2.05, 4.69) is 32.7 Å². The number of fused-ring (bicyclic) bond motifs is 2. The number of rotatable bonds is 8. The van der Waals surface area contributed by atoms with Crippen molar-refractivity contribution < 1.29 is 23.4 Å². The van der Waals surface area contributed by atoms with Gasteiger partial charge in [-0.2, -0.15) is 0 Å². The second-order valence-electron chi connectivity index (χ2n) is 10.1. The molecule has 1 saturated heterocycles. The molecule has 1 aliphatic heterocycles. The van der Waals surface area contributed by atoms with Crippen LogP contribution < -0.4 is 14.2 Å². The summed E-state index contributed by atoms with van der Waals surface area (Å²) in [5.41, 5.74) is 3.76. The lowest BCUT2D eigenvalue weighted by Crippen LogP contribution is -2.38. The summed E-state index contributed by atoms with van der Waals surface area (Å²) in [5.74, 6) is 1.93. The van der Waals surface area contributed by atoms with Gasteiger partial charge in [0.1, 0.15) is 34.4 Å². The lowest BCUT2D eigenvalue weighted by atomic mass is 10.1. The Balaban J connectivity index is 1.07. The van der Waals surface area contributed by atoms with E-state index in [9.17, 15) is 4.79 Å². The molecular formula is C30H26IN5O5S2. The number of benzene rings is 2. The third kappa shape index (κ3) is 5.68. The highest BCUT2D eigenvalue weighted by Crippen LogP contribution is 2.38. The van der Waals surface area contributed by atoms with Crippen LogP contribution in [0.1, 0.15) is 28.9 Å². The van der Waals surface area contributed by atoms with Crippen LogP contribution >= 0.6 is 45.3 Å². The maximum absolute atomic E-state index is 12.9. The van der Waals surface area contributed by atoms with Gasteiger partial charge in [0.25, 0.3) is 11.1 Å². The molecule has 0 N–H and O–H groups in total. The fourth-order valence-corrected chi connectivity index (χ4v) is 7.04. The number of ether oxygens (including phenoxy) is 3. The summed E-state index contributed by atoms with van der Waals surface area (Å²) in [6.45, 7) is 1.91. The van der Waals surface area contributed by atoms with Crippen molar-refractivity contribution in [3.05, 3.63) is 65.3 Å². The first kappa shape index (κ1) is 28.1. The second kappa shape index (κ2) is 11.8. The molecule has 0 spiro atoms. The molecular weight excluding hydrogens is 701 g/mol. The largest absolute Gasteiger partial charge is 0.496 e. The fraction of sp³-hybridized carbons (Fsp3) is 0.267. The third-order valence-corrected chi connectivity index (χ3v) is 10.3. The van der Waals surface area contributed by atoms with Crippen LogP contribution in [-0.2, 0) is 6.61 Å². The Morgan fingerprint density at radius 3 is 2.65 bits per heavy atom. The quantitative estimate of drug-likeness (QED) is 0.123. The van der Waals surface area contributed by atoms with Crippen molar-refractivity contribution in [2.24, 2.45) is 0 Å². The molecule has 220 valence electrons. The van der Waals surface area contributed by atoms with Gasteiger partial charge in [-0.05, 0) is 42.4 Å². The van der Waals surface area contributed by atoms with Gasteiger partial charge in [0.15, 0.2) is 5.76 Å². The van der Waals surface area contributed by atoms with Gasteiger partial charge >= 0.3 is 0 Å². The van der Waals surface area contributed by atoms with E-state index in [-0.39, 0.29) is 12.5 Å². The van der Waals surface area contributed by atoms with Crippen LogP contribution in [0.3, 0.4) is 0 Å². The van der Waals surface area contributed by atoms with E-state index in [0.717, 1.165) is 47.6 Å². The molecule has 4 aromatic heterocycles. The standard InChI is InChI=1S/C30H26IN5O5S2/c1-38-21-11-24(22-13-26(41-25(22)12-21)23-14-36-29(33-23)43-30(34-36)39-2)40-15-20-16-42-27(32-20)17-3-5-18(6-4-17)28(37)35-9-7-19(31)8-10-35/h3-6,11-14,16,19H,7-10,15H2,1-2H3. The molecule has 1 fully saturated rings. The zero-order valence-corrected chi connectivity index (χ0v) is 27.1. The average Bonchev–Trinajstić information content (AvgIpc) is 3.82. The van der Waals surface area contributed by atoms with Crippen molar-refractivity contribution in [2.75, 3.05) is 27.3 Å². The molecule has 5 heterocycles. The molecule has 0 bridgehead atoms. The van der Waals surface area contributed by atoms with Crippen LogP contribution in [-0.4, -0.2) is 61.6 Å². The minimum atomic E-state index is 0.0970. The maximum Gasteiger partial charge on any atom is 0.294 e. The molecule has 0 atom stereocenters. The first-order valence-corrected chi connectivity index (χ1v) is 16.5. The molecule has 43 heavy (non-hydrogen) atoms. The highest BCUT2D eigenvalue weighted by atomic mass is 127. The van der Waals surface area contributed by atoms with Crippen molar-refractivity contribution in [3.63, 3.8) is 0 Å². The Morgan fingerprint density at radius 1 is 1.09 bits per heavy atom. The number of thiazole rings is 1. The van der Waals surface area contributed by atoms with Crippen molar-refractivity contribution in [1.82, 2.24) is 24.5 Å². The summed E-state index contributed by atoms with van der Waals surface area (Å²) >= 11 is 5.36. The number of carbonyl (C=O) groups is 1. The van der Waals surface area contributed by atoms with Crippen LogP contribution in [0.2, 0.25) is 0 Å². The van der Waals surface area contributed by atoms with Gasteiger partial charge in [0.2, 0.25) is 4.96 Å². The third-order valence-electron chi connectivity index (χ3n) is 7.28. The number of halogens is 1. The van der Waals surface area contributed by atoms with E-state index >= 15 is 0 Å². The highest BCUT2D eigenvalue weighted by molar-refractivity contribution is 14.1. The van der Waals surface area contributed by atoms with Gasteiger partial charge in [0.05, 0.1) is 31.5 Å². The number of aromatic nitrogens is 4. The number of piperidine rings is 1. The number of furan rings is 1. The van der Waals surface area contributed by atoms with Crippen LogP contribution in [0.25, 0.3) is 38.0 Å². The van der Waals surface area contributed by atoms with Crippen molar-refractivity contribution in [2.45, 2.75) is 23.4 Å². The molecule has 0 radical (unpaired) electrons. The van der Waals surface area contributed by atoms with E-state index < -0.39 is 0 Å². The van der Waals surface area contributed by atoms with E-state index in [1.807, 2.05) is 52.7 Å². The highest BCUT2D eigenvalue weighted by Gasteiger charge is 2.22. The van der Waals surface area contributed by atoms with Crippen LogP contribution in [0.5, 0.6) is 16.7 Å². The van der Waals surface area contributed by atoms with E-state index in [0.29, 0.717) is 48.2 Å². The normalized spacial score (nSPS) is 14.1. The predicted octanol–water partition coefficient (Wildman–Crippen LogP) is 6.96. The van der Waals surface area contributed by atoms with Gasteiger partial charge in [-0.15, -0.1) is 16.4 Å². The monoisotopic (exact) mass is 727 g/mol. The molecule has 0 aliphatic carbocycles. The SMILES string of the molecule is COc1cc(OCc2csc(-c3ccc(C(=O)N4CCC(I)CC4)cc3)n2)c2cc(-c3cn4nc(OC)sc4n3)oc2c1. The number of hydrogen-bond acceptors (Lipinski definition) is 10. The molecule has 1 amide bonds. The van der Waals surface area contributed by atoms with Crippen LogP contribution in [0, 0.1) is 0 Å². The first-order chi connectivity index (χ1) is 21.0. The Bertz CT molecular complexity index is 1890. The van der Waals surface area contributed by atoms with Gasteiger partial charge in [-0.3, -0.25) is 4.79 Å². The second-order valence-corrected chi connectivity index (χ2v) is 13.6. The number of amides is 1. The molecule has 0 unspecified atom stereocenters. The van der Waals surface area contributed by atoms with Crippen molar-refractivity contribution in [3.8, 4) is 38.7 Å². The Kier molecular flexibility index (Phi) is 7.69. The minimum Gasteiger partial charge on any atom is -0.496 e. The summed E-state index contributed by atoms with van der Waals surface area (Å²) in [7, 11) is 3.19. The number of imidazole rings is 1. The van der Waals surface area contributed by atoms with E-state index in [1.165, 1.54) is 11.3 Å². The predicted molar refractivity (Wildman–Crippen MR) is 174 cm³/mol. The van der Waals surface area contributed by atoms with Crippen molar-refractivity contribution >= 4 is 67.1 Å². The molecule has 10 nitrogen and oxygen atoms in total. The summed E-state index contributed by atoms with van der Waals surface area (Å²) in [6, 6.07) is 13.3. The molecule has 7 rings (SSSR count). The van der Waals surface area contributed by atoms with E-state index in [1.54, 1.807) is 36.3 Å². The number of nitrogens with zero attached hydrogens (tertiary/aromatic N) is 5. The first-order valence-electron chi connectivity index (χ1n) is 13.6. The molecule has 1 aliphatic rings. The summed E-state index contributed by atoms with van der Waals surface area (Å²) in [6.07, 6.45) is 3.90. The zero-order chi connectivity index (χ0) is 29.5. The number of methoxy groups -OCH3 is 2. The minimum absolute atomic E-state index is 0.0970. The fourth-order valence-electron chi connectivity index (χ4n) is 4.98. The van der Waals surface area contributed by atoms with Gasteiger partial charge in [-0.25, -0.2) is 14.5 Å². The van der Waals surface area contributed by atoms with Gasteiger partial charge < -0.3 is 23.5 Å². The lowest BCUT2D eigenvalue weighted by Gasteiger charge is -2.29. The Labute approximate surface area is 268 Å². The van der Waals surface area contributed by atoms with Crippen LogP contribution in [0.4, 0.5) is 0 Å². The molecule has 13 heteroatoms. The van der Waals surface area contributed by atoms with Crippen molar-refractivity contribution in [1.29, 1.82) is 0 Å². The topological polar surface area (TPSA) is 104 Å². The summed E-state index contributed by atoms with van der Waals surface area (Å²) in [4.78, 5) is 25.0. The summed E-state index contributed by atoms with van der Waals surface area (Å²) in [5, 5.41) is 8.54. The number of carbonyl (C=O) groups excluding carboxylic acids is 1. The number of hydrogen-bond donors (Lipinski definition) is 0. The number of alkyl halides is 1.